The SMILES string of the molecule is CCCC[C@H](F)[C@H](F)C(=O)Nc1ccc(NCc2ccc(C(F)(F)F)cc2)cc1N(CC)CC. The number of anilines is 3. The Balaban J connectivity index is 2.16. The monoisotopic (exact) mass is 485 g/mol. The van der Waals surface area contributed by atoms with Crippen molar-refractivity contribution in [1.82, 2.24) is 0 Å². The molecule has 0 heterocycles. The summed E-state index contributed by atoms with van der Waals surface area (Å²) in [6.45, 7) is 7.24. The van der Waals surface area contributed by atoms with Gasteiger partial charge in [0.2, 0.25) is 6.17 Å². The van der Waals surface area contributed by atoms with E-state index in [2.05, 4.69) is 10.6 Å². The van der Waals surface area contributed by atoms with Crippen LogP contribution in [0.5, 0.6) is 0 Å². The standard InChI is InChI=1S/C25H32F5N3O/c1-4-7-8-20(26)23(27)24(34)32-21-14-13-19(15-22(21)33(5-2)6-3)31-16-17-9-11-18(12-10-17)25(28,29)30/h9-15,20,23,31H,4-8,16H2,1-3H3,(H,32,34)/t20-,23-/m0/s1. The average Bonchev–Trinajstić information content (AvgIpc) is 2.82. The van der Waals surface area contributed by atoms with Crippen LogP contribution in [0.2, 0.25) is 0 Å². The molecule has 2 atom stereocenters. The smallest absolute Gasteiger partial charge is 0.381 e. The van der Waals surface area contributed by atoms with Gasteiger partial charge in [-0.2, -0.15) is 13.2 Å². The summed E-state index contributed by atoms with van der Waals surface area (Å²) < 4.78 is 66.5. The molecule has 0 radical (unpaired) electrons. The largest absolute Gasteiger partial charge is 0.416 e. The van der Waals surface area contributed by atoms with Crippen molar-refractivity contribution in [2.75, 3.05) is 28.6 Å². The van der Waals surface area contributed by atoms with Crippen LogP contribution in [-0.2, 0) is 17.5 Å². The summed E-state index contributed by atoms with van der Waals surface area (Å²) in [4.78, 5) is 14.3. The highest BCUT2D eigenvalue weighted by Crippen LogP contribution is 2.31. The van der Waals surface area contributed by atoms with Crippen LogP contribution in [0.3, 0.4) is 0 Å². The predicted molar refractivity (Wildman–Crippen MR) is 127 cm³/mol. The van der Waals surface area contributed by atoms with Crippen LogP contribution in [0, 0.1) is 0 Å². The molecule has 0 spiro atoms. The number of amides is 1. The van der Waals surface area contributed by atoms with Gasteiger partial charge in [-0.05, 0) is 56.2 Å². The molecular weight excluding hydrogens is 453 g/mol. The number of carbonyl (C=O) groups excluding carboxylic acids is 1. The molecule has 0 aliphatic heterocycles. The van der Waals surface area contributed by atoms with Gasteiger partial charge in [-0.25, -0.2) is 8.78 Å². The number of carbonyl (C=O) groups is 1. The fourth-order valence-electron chi connectivity index (χ4n) is 3.50. The lowest BCUT2D eigenvalue weighted by Gasteiger charge is -2.26. The van der Waals surface area contributed by atoms with E-state index in [9.17, 15) is 26.7 Å². The van der Waals surface area contributed by atoms with Crippen molar-refractivity contribution >= 4 is 23.0 Å². The third kappa shape index (κ3) is 7.60. The Kier molecular flexibility index (Phi) is 10.1. The van der Waals surface area contributed by atoms with Gasteiger partial charge in [-0.1, -0.05) is 31.9 Å². The summed E-state index contributed by atoms with van der Waals surface area (Å²) in [5.41, 5.74) is 1.61. The van der Waals surface area contributed by atoms with Crippen LogP contribution in [-0.4, -0.2) is 31.3 Å². The minimum atomic E-state index is -4.39. The zero-order chi connectivity index (χ0) is 25.3. The number of halogens is 5. The van der Waals surface area contributed by atoms with Crippen LogP contribution in [0.25, 0.3) is 0 Å². The molecule has 0 aromatic heterocycles. The summed E-state index contributed by atoms with van der Waals surface area (Å²) in [5.74, 6) is -1.03. The van der Waals surface area contributed by atoms with Gasteiger partial charge in [-0.3, -0.25) is 4.79 Å². The normalized spacial score (nSPS) is 13.3. The van der Waals surface area contributed by atoms with Crippen molar-refractivity contribution in [3.05, 3.63) is 53.6 Å². The highest BCUT2D eigenvalue weighted by molar-refractivity contribution is 5.98. The van der Waals surface area contributed by atoms with Crippen molar-refractivity contribution in [2.24, 2.45) is 0 Å². The molecule has 34 heavy (non-hydrogen) atoms. The first kappa shape index (κ1) is 27.4. The van der Waals surface area contributed by atoms with Gasteiger partial charge in [0.15, 0.2) is 0 Å². The minimum Gasteiger partial charge on any atom is -0.381 e. The molecule has 1 amide bonds. The van der Waals surface area contributed by atoms with Crippen molar-refractivity contribution in [3.63, 3.8) is 0 Å². The summed E-state index contributed by atoms with van der Waals surface area (Å²) in [7, 11) is 0. The lowest BCUT2D eigenvalue weighted by atomic mass is 10.1. The van der Waals surface area contributed by atoms with Gasteiger partial charge in [0, 0.05) is 25.3 Å². The first-order chi connectivity index (χ1) is 16.1. The molecular formula is C25H32F5N3O. The quantitative estimate of drug-likeness (QED) is 0.319. The molecule has 2 N–H and O–H groups in total. The van der Waals surface area contributed by atoms with E-state index in [1.54, 1.807) is 18.2 Å². The Hall–Kier alpha value is -2.84. The van der Waals surface area contributed by atoms with Crippen LogP contribution >= 0.6 is 0 Å². The molecule has 9 heteroatoms. The molecule has 0 aliphatic carbocycles. The molecule has 0 bridgehead atoms. The number of hydrogen-bond acceptors (Lipinski definition) is 3. The number of unbranched alkanes of at least 4 members (excludes halogenated alkanes) is 1. The zero-order valence-corrected chi connectivity index (χ0v) is 19.7. The van der Waals surface area contributed by atoms with E-state index in [0.717, 1.165) is 12.1 Å². The first-order valence-electron chi connectivity index (χ1n) is 11.5. The van der Waals surface area contributed by atoms with Gasteiger partial charge in [0.05, 0.1) is 16.9 Å². The van der Waals surface area contributed by atoms with E-state index in [0.29, 0.717) is 48.6 Å². The number of nitrogens with zero attached hydrogens (tertiary/aromatic N) is 1. The van der Waals surface area contributed by atoms with Crippen molar-refractivity contribution in [1.29, 1.82) is 0 Å². The third-order valence-electron chi connectivity index (χ3n) is 5.54. The second-order valence-corrected chi connectivity index (χ2v) is 8.00. The fraction of sp³-hybridized carbons (Fsp3) is 0.480. The van der Waals surface area contributed by atoms with E-state index in [1.165, 1.54) is 12.1 Å². The summed E-state index contributed by atoms with van der Waals surface area (Å²) in [5, 5.41) is 5.66. The maximum atomic E-state index is 14.3. The molecule has 4 nitrogen and oxygen atoms in total. The van der Waals surface area contributed by atoms with Gasteiger partial charge in [0.1, 0.15) is 6.17 Å². The Labute approximate surface area is 197 Å². The molecule has 2 aromatic rings. The number of nitrogens with one attached hydrogen (secondary N) is 2. The Morgan fingerprint density at radius 3 is 2.21 bits per heavy atom. The highest BCUT2D eigenvalue weighted by atomic mass is 19.4. The lowest BCUT2D eigenvalue weighted by Crippen LogP contribution is -2.33. The zero-order valence-electron chi connectivity index (χ0n) is 19.7. The van der Waals surface area contributed by atoms with E-state index in [4.69, 9.17) is 0 Å². The highest BCUT2D eigenvalue weighted by Gasteiger charge is 2.30. The molecule has 0 aliphatic rings. The second-order valence-electron chi connectivity index (χ2n) is 8.00. The Morgan fingerprint density at radius 2 is 1.65 bits per heavy atom. The van der Waals surface area contributed by atoms with E-state index in [1.807, 2.05) is 25.7 Å². The first-order valence-corrected chi connectivity index (χ1v) is 11.5. The summed E-state index contributed by atoms with van der Waals surface area (Å²) in [6, 6.07) is 9.92. The van der Waals surface area contributed by atoms with Gasteiger partial charge < -0.3 is 15.5 Å². The lowest BCUT2D eigenvalue weighted by molar-refractivity contribution is -0.137. The third-order valence-corrected chi connectivity index (χ3v) is 5.54. The average molecular weight is 486 g/mol. The molecule has 2 aromatic carbocycles. The van der Waals surface area contributed by atoms with E-state index in [-0.39, 0.29) is 13.0 Å². The molecule has 2 rings (SSSR count). The predicted octanol–water partition coefficient (Wildman–Crippen LogP) is 6.97. The molecule has 0 fully saturated rings. The van der Waals surface area contributed by atoms with E-state index < -0.39 is 30.0 Å². The van der Waals surface area contributed by atoms with Gasteiger partial charge in [0.25, 0.3) is 5.91 Å². The van der Waals surface area contributed by atoms with Crippen molar-refractivity contribution in [3.8, 4) is 0 Å². The molecule has 0 saturated carbocycles. The summed E-state index contributed by atoms with van der Waals surface area (Å²) in [6.07, 6.45) is -7.31. The van der Waals surface area contributed by atoms with Crippen LogP contribution < -0.4 is 15.5 Å². The summed E-state index contributed by atoms with van der Waals surface area (Å²) >= 11 is 0. The van der Waals surface area contributed by atoms with Crippen LogP contribution in [0.1, 0.15) is 51.2 Å². The molecule has 188 valence electrons. The number of rotatable bonds is 12. The van der Waals surface area contributed by atoms with Gasteiger partial charge >= 0.3 is 6.18 Å². The van der Waals surface area contributed by atoms with Crippen molar-refractivity contribution in [2.45, 2.75) is 65.1 Å². The Morgan fingerprint density at radius 1 is 1.00 bits per heavy atom. The Bertz CT molecular complexity index is 914. The number of alkyl halides is 5. The topological polar surface area (TPSA) is 44.4 Å². The minimum absolute atomic E-state index is 0.0131. The fourth-order valence-corrected chi connectivity index (χ4v) is 3.50. The molecule has 0 saturated heterocycles. The van der Waals surface area contributed by atoms with Crippen molar-refractivity contribution < 1.29 is 26.7 Å². The maximum absolute atomic E-state index is 14.3. The maximum Gasteiger partial charge on any atom is 0.416 e. The van der Waals surface area contributed by atoms with E-state index >= 15 is 0 Å². The van der Waals surface area contributed by atoms with Crippen LogP contribution in [0.4, 0.5) is 39.0 Å². The van der Waals surface area contributed by atoms with Crippen LogP contribution in [0.15, 0.2) is 42.5 Å². The number of hydrogen-bond donors (Lipinski definition) is 2. The second kappa shape index (κ2) is 12.6. The number of benzene rings is 2. The van der Waals surface area contributed by atoms with Gasteiger partial charge in [-0.15, -0.1) is 0 Å². The molecule has 0 unspecified atom stereocenters.